The lowest BCUT2D eigenvalue weighted by Crippen LogP contribution is -1.75. The molecule has 0 aliphatic carbocycles. The van der Waals surface area contributed by atoms with E-state index in [4.69, 9.17) is 0 Å². The normalized spacial score (nSPS) is 13.6. The monoisotopic (exact) mass is 164 g/mol. The molecular weight excluding hydrogens is 148 g/mol. The summed E-state index contributed by atoms with van der Waals surface area (Å²) in [5.41, 5.74) is 0. The van der Waals surface area contributed by atoms with E-state index in [-0.39, 0.29) is 0 Å². The van der Waals surface area contributed by atoms with E-state index in [0.29, 0.717) is 9.52 Å². The van der Waals surface area contributed by atoms with Gasteiger partial charge in [0.25, 0.3) is 0 Å². The zero-order valence-corrected chi connectivity index (χ0v) is 7.99. The summed E-state index contributed by atoms with van der Waals surface area (Å²) in [5.74, 6) is 6.64. The maximum absolute atomic E-state index is 4.06. The van der Waals surface area contributed by atoms with Crippen molar-refractivity contribution in [3.63, 3.8) is 0 Å². The highest BCUT2D eigenvalue weighted by atomic mass is 33.1. The van der Waals surface area contributed by atoms with E-state index in [1.807, 2.05) is 10.8 Å². The quantitative estimate of drug-likeness (QED) is 0.444. The molecular formula is C7H16S2. The highest BCUT2D eigenvalue weighted by Gasteiger charge is 1.88. The van der Waals surface area contributed by atoms with Crippen LogP contribution in [0.3, 0.4) is 0 Å². The molecule has 0 aliphatic rings. The number of rotatable bonds is 5. The third-order valence-corrected chi connectivity index (χ3v) is 4.66. The van der Waals surface area contributed by atoms with Crippen molar-refractivity contribution in [2.75, 3.05) is 11.5 Å². The summed E-state index contributed by atoms with van der Waals surface area (Å²) in [6, 6.07) is 0. The Hall–Kier alpha value is 0.570. The van der Waals surface area contributed by atoms with Crippen molar-refractivity contribution in [2.24, 2.45) is 0 Å². The maximum Gasteiger partial charge on any atom is 0.00294 e. The van der Waals surface area contributed by atoms with Gasteiger partial charge < -0.3 is 0 Å². The molecule has 0 fully saturated rings. The second-order valence-electron chi connectivity index (χ2n) is 1.97. The van der Waals surface area contributed by atoms with Crippen LogP contribution in [-0.2, 0) is 0 Å². The standard InChI is InChI=1S/C7H16S2/c1-4-6-8-9(3)7-5-2/h3-7H2,1-2H3. The van der Waals surface area contributed by atoms with Crippen molar-refractivity contribution in [1.29, 1.82) is 0 Å². The summed E-state index contributed by atoms with van der Waals surface area (Å²) >= 11 is 0. The molecule has 0 saturated carbocycles. The second kappa shape index (κ2) is 6.69. The largest absolute Gasteiger partial charge is 0.136 e. The molecule has 0 nitrogen and oxygen atoms in total. The Morgan fingerprint density at radius 1 is 1.33 bits per heavy atom. The van der Waals surface area contributed by atoms with Crippen LogP contribution in [0.4, 0.5) is 0 Å². The van der Waals surface area contributed by atoms with Crippen LogP contribution in [0.25, 0.3) is 0 Å². The Morgan fingerprint density at radius 2 is 2.00 bits per heavy atom. The van der Waals surface area contributed by atoms with Crippen LogP contribution in [0.15, 0.2) is 0 Å². The Morgan fingerprint density at radius 3 is 2.44 bits per heavy atom. The van der Waals surface area contributed by atoms with Crippen molar-refractivity contribution in [1.82, 2.24) is 0 Å². The summed E-state index contributed by atoms with van der Waals surface area (Å²) in [4.78, 5) is 0. The Bertz CT molecular complexity index is 79.0. The fraction of sp³-hybridized carbons (Fsp3) is 0.857. The molecule has 0 radical (unpaired) electrons. The molecule has 0 aromatic carbocycles. The van der Waals surface area contributed by atoms with Gasteiger partial charge in [0.05, 0.1) is 0 Å². The van der Waals surface area contributed by atoms with Crippen LogP contribution in [-0.4, -0.2) is 17.4 Å². The Kier molecular flexibility index (Phi) is 7.11. The van der Waals surface area contributed by atoms with Crippen LogP contribution in [0.1, 0.15) is 26.7 Å². The molecule has 2 heteroatoms. The van der Waals surface area contributed by atoms with Gasteiger partial charge in [-0.25, -0.2) is 0 Å². The smallest absolute Gasteiger partial charge is 0.00294 e. The minimum atomic E-state index is 0.397. The highest BCUT2D eigenvalue weighted by molar-refractivity contribution is 8.83. The minimum Gasteiger partial charge on any atom is -0.136 e. The van der Waals surface area contributed by atoms with Crippen LogP contribution >= 0.6 is 20.3 Å². The second-order valence-corrected chi connectivity index (χ2v) is 6.02. The van der Waals surface area contributed by atoms with Crippen LogP contribution < -0.4 is 0 Å². The van der Waals surface area contributed by atoms with Crippen molar-refractivity contribution in [2.45, 2.75) is 26.7 Å². The van der Waals surface area contributed by atoms with Crippen molar-refractivity contribution < 1.29 is 0 Å². The summed E-state index contributed by atoms with van der Waals surface area (Å²) in [6.45, 7) is 4.44. The fourth-order valence-electron chi connectivity index (χ4n) is 0.488. The average molecular weight is 164 g/mol. The lowest BCUT2D eigenvalue weighted by Gasteiger charge is -2.01. The van der Waals surface area contributed by atoms with Gasteiger partial charge in [-0.1, -0.05) is 19.7 Å². The van der Waals surface area contributed by atoms with Crippen molar-refractivity contribution >= 4 is 26.2 Å². The van der Waals surface area contributed by atoms with E-state index in [0.717, 1.165) is 0 Å². The maximum atomic E-state index is 4.06. The summed E-state index contributed by atoms with van der Waals surface area (Å²) in [5, 5.41) is 0. The van der Waals surface area contributed by atoms with Gasteiger partial charge in [0.15, 0.2) is 0 Å². The molecule has 0 aromatic rings. The number of hydrogen-bond acceptors (Lipinski definition) is 1. The first-order valence-electron chi connectivity index (χ1n) is 3.45. The van der Waals surface area contributed by atoms with E-state index >= 15 is 0 Å². The Balaban J connectivity index is 3.06. The Labute approximate surface area is 64.7 Å². The van der Waals surface area contributed by atoms with Crippen LogP contribution in [0.5, 0.6) is 0 Å². The van der Waals surface area contributed by atoms with E-state index in [1.54, 1.807) is 0 Å². The molecule has 0 aromatic heterocycles. The first-order chi connectivity index (χ1) is 4.31. The van der Waals surface area contributed by atoms with Crippen molar-refractivity contribution in [3.8, 4) is 0 Å². The molecule has 56 valence electrons. The van der Waals surface area contributed by atoms with Gasteiger partial charge >= 0.3 is 0 Å². The molecule has 0 N–H and O–H groups in total. The summed E-state index contributed by atoms with van der Waals surface area (Å²) in [7, 11) is 2.41. The van der Waals surface area contributed by atoms with Gasteiger partial charge in [-0.15, -0.1) is 20.3 Å². The minimum absolute atomic E-state index is 0.397. The molecule has 0 saturated heterocycles. The molecule has 0 bridgehead atoms. The lowest BCUT2D eigenvalue weighted by molar-refractivity contribution is 1.11. The number of hydrogen-bond donors (Lipinski definition) is 0. The van der Waals surface area contributed by atoms with Crippen LogP contribution in [0.2, 0.25) is 0 Å². The lowest BCUT2D eigenvalue weighted by atomic mass is 10.6. The highest BCUT2D eigenvalue weighted by Crippen LogP contribution is 2.28. The SMILES string of the molecule is C=S(CCC)SCCC. The molecule has 0 aliphatic heterocycles. The van der Waals surface area contributed by atoms with E-state index in [1.165, 1.54) is 24.3 Å². The molecule has 0 spiro atoms. The van der Waals surface area contributed by atoms with E-state index in [2.05, 4.69) is 19.7 Å². The van der Waals surface area contributed by atoms with Crippen molar-refractivity contribution in [3.05, 3.63) is 0 Å². The van der Waals surface area contributed by atoms with E-state index in [9.17, 15) is 0 Å². The van der Waals surface area contributed by atoms with Gasteiger partial charge in [-0.05, 0) is 18.6 Å². The third kappa shape index (κ3) is 6.46. The van der Waals surface area contributed by atoms with Gasteiger partial charge in [-0.3, -0.25) is 0 Å². The predicted octanol–water partition coefficient (Wildman–Crippen LogP) is 3.16. The predicted molar refractivity (Wildman–Crippen MR) is 52.6 cm³/mol. The first kappa shape index (κ1) is 9.57. The fourth-order valence-corrected chi connectivity index (χ4v) is 3.52. The average Bonchev–Trinajstić information content (AvgIpc) is 1.85. The first-order valence-corrected chi connectivity index (χ1v) is 6.51. The molecule has 1 unspecified atom stereocenters. The van der Waals surface area contributed by atoms with E-state index < -0.39 is 0 Å². The van der Waals surface area contributed by atoms with Gasteiger partial charge in [0.1, 0.15) is 0 Å². The zero-order chi connectivity index (χ0) is 7.11. The molecule has 1 atom stereocenters. The molecule has 0 heterocycles. The topological polar surface area (TPSA) is 0 Å². The third-order valence-electron chi connectivity index (χ3n) is 0.886. The molecule has 9 heavy (non-hydrogen) atoms. The van der Waals surface area contributed by atoms with Gasteiger partial charge in [0, 0.05) is 5.75 Å². The van der Waals surface area contributed by atoms with Gasteiger partial charge in [-0.2, -0.15) is 0 Å². The van der Waals surface area contributed by atoms with Gasteiger partial charge in [0.2, 0.25) is 0 Å². The molecule has 0 amide bonds. The zero-order valence-electron chi connectivity index (χ0n) is 6.35. The molecule has 0 rings (SSSR count). The van der Waals surface area contributed by atoms with Crippen LogP contribution in [0, 0.1) is 0 Å². The summed E-state index contributed by atoms with van der Waals surface area (Å²) in [6.07, 6.45) is 2.57. The summed E-state index contributed by atoms with van der Waals surface area (Å²) < 4.78 is 0.